The van der Waals surface area contributed by atoms with Crippen LogP contribution in [-0.2, 0) is 20.2 Å². The van der Waals surface area contributed by atoms with Gasteiger partial charge in [0, 0.05) is 10.0 Å². The van der Waals surface area contributed by atoms with Gasteiger partial charge in [0.15, 0.2) is 6.61 Å². The lowest BCUT2D eigenvalue weighted by atomic mass is 9.86. The number of carbonyl (C=O) groups is 1. The van der Waals surface area contributed by atoms with E-state index in [-0.39, 0.29) is 16.0 Å². The maximum absolute atomic E-state index is 13.4. The highest BCUT2D eigenvalue weighted by atomic mass is 79.9. The fourth-order valence-electron chi connectivity index (χ4n) is 3.21. The second kappa shape index (κ2) is 9.46. The topological polar surface area (TPSA) is 63.7 Å². The molecule has 0 saturated heterocycles. The van der Waals surface area contributed by atoms with E-state index in [9.17, 15) is 13.2 Å². The highest BCUT2D eigenvalue weighted by Gasteiger charge is 2.31. The lowest BCUT2D eigenvalue weighted by Crippen LogP contribution is -2.40. The molecule has 0 atom stereocenters. The summed E-state index contributed by atoms with van der Waals surface area (Å²) in [6.07, 6.45) is 0. The number of aryl methyl sites for hydroxylation is 1. The lowest BCUT2D eigenvalue weighted by molar-refractivity contribution is -0.119. The Balaban J connectivity index is 1.96. The van der Waals surface area contributed by atoms with Crippen molar-refractivity contribution >= 4 is 37.5 Å². The molecule has 0 N–H and O–H groups in total. The van der Waals surface area contributed by atoms with Crippen LogP contribution in [0.1, 0.15) is 31.9 Å². The van der Waals surface area contributed by atoms with E-state index in [1.165, 1.54) is 12.1 Å². The first-order chi connectivity index (χ1) is 15.0. The molecule has 0 fully saturated rings. The first-order valence-electron chi connectivity index (χ1n) is 10.1. The molecule has 0 aromatic heterocycles. The van der Waals surface area contributed by atoms with Crippen molar-refractivity contribution in [3.05, 3.63) is 88.4 Å². The molecule has 0 aliphatic carbocycles. The van der Waals surface area contributed by atoms with Crippen LogP contribution in [0.25, 0.3) is 0 Å². The molecule has 0 saturated carbocycles. The SMILES string of the molecule is Cc1ccc(S(=O)(=O)N(C(=O)COc2ccc(Br)cc2C(C)(C)C)c2ccccc2)cc1. The highest BCUT2D eigenvalue weighted by Crippen LogP contribution is 2.34. The minimum Gasteiger partial charge on any atom is -0.483 e. The number of hydrogen-bond acceptors (Lipinski definition) is 4. The van der Waals surface area contributed by atoms with Crippen molar-refractivity contribution in [2.75, 3.05) is 10.9 Å². The number of rotatable bonds is 6. The molecule has 0 heterocycles. The third-order valence-corrected chi connectivity index (χ3v) is 7.13. The van der Waals surface area contributed by atoms with Crippen molar-refractivity contribution in [1.82, 2.24) is 0 Å². The van der Waals surface area contributed by atoms with E-state index in [0.717, 1.165) is 19.9 Å². The summed E-state index contributed by atoms with van der Waals surface area (Å²) in [5.41, 5.74) is 1.87. The van der Waals surface area contributed by atoms with Crippen LogP contribution in [0.5, 0.6) is 5.75 Å². The molecule has 0 bridgehead atoms. The quantitative estimate of drug-likeness (QED) is 0.412. The molecule has 0 radical (unpaired) electrons. The van der Waals surface area contributed by atoms with Gasteiger partial charge in [-0.1, -0.05) is 72.6 Å². The molecule has 0 aliphatic rings. The van der Waals surface area contributed by atoms with Gasteiger partial charge in [0.1, 0.15) is 5.75 Å². The van der Waals surface area contributed by atoms with E-state index in [4.69, 9.17) is 4.74 Å². The van der Waals surface area contributed by atoms with Crippen LogP contribution >= 0.6 is 15.9 Å². The smallest absolute Gasteiger partial charge is 0.278 e. The number of anilines is 1. The summed E-state index contributed by atoms with van der Waals surface area (Å²) in [5, 5.41) is 0. The normalized spacial score (nSPS) is 11.8. The molecule has 0 unspecified atom stereocenters. The number of benzene rings is 3. The van der Waals surface area contributed by atoms with Gasteiger partial charge in [-0.15, -0.1) is 0 Å². The van der Waals surface area contributed by atoms with E-state index in [1.807, 2.05) is 39.8 Å². The van der Waals surface area contributed by atoms with E-state index >= 15 is 0 Å². The van der Waals surface area contributed by atoms with Gasteiger partial charge in [-0.05, 0) is 54.8 Å². The van der Waals surface area contributed by atoms with E-state index in [0.29, 0.717) is 5.75 Å². The zero-order valence-corrected chi connectivity index (χ0v) is 20.9. The van der Waals surface area contributed by atoms with Gasteiger partial charge in [0.05, 0.1) is 10.6 Å². The minimum absolute atomic E-state index is 0.0410. The molecule has 32 heavy (non-hydrogen) atoms. The van der Waals surface area contributed by atoms with Crippen molar-refractivity contribution in [1.29, 1.82) is 0 Å². The molecular formula is C25H26BrNO4S. The van der Waals surface area contributed by atoms with E-state index in [2.05, 4.69) is 15.9 Å². The molecule has 5 nitrogen and oxygen atoms in total. The monoisotopic (exact) mass is 515 g/mol. The van der Waals surface area contributed by atoms with Crippen LogP contribution in [0.15, 0.2) is 82.2 Å². The van der Waals surface area contributed by atoms with Crippen molar-refractivity contribution in [2.45, 2.75) is 38.0 Å². The maximum atomic E-state index is 13.4. The fourth-order valence-corrected chi connectivity index (χ4v) is 4.98. The summed E-state index contributed by atoms with van der Waals surface area (Å²) in [5.74, 6) is -0.144. The molecule has 1 amide bonds. The number of hydrogen-bond donors (Lipinski definition) is 0. The first-order valence-corrected chi connectivity index (χ1v) is 12.4. The standard InChI is InChI=1S/C25H26BrNO4S/c1-18-10-13-21(14-11-18)32(29,30)27(20-8-6-5-7-9-20)24(28)17-31-23-15-12-19(26)16-22(23)25(2,3)4/h5-16H,17H2,1-4H3. The summed E-state index contributed by atoms with van der Waals surface area (Å²) in [4.78, 5) is 13.3. The van der Waals surface area contributed by atoms with Crippen LogP contribution in [0.2, 0.25) is 0 Å². The largest absolute Gasteiger partial charge is 0.483 e. The van der Waals surface area contributed by atoms with Crippen molar-refractivity contribution < 1.29 is 17.9 Å². The van der Waals surface area contributed by atoms with Crippen LogP contribution in [0.3, 0.4) is 0 Å². The van der Waals surface area contributed by atoms with Gasteiger partial charge in [-0.3, -0.25) is 4.79 Å². The lowest BCUT2D eigenvalue weighted by Gasteiger charge is -2.25. The Kier molecular flexibility index (Phi) is 7.10. The number of sulfonamides is 1. The summed E-state index contributed by atoms with van der Waals surface area (Å²) in [6, 6.07) is 20.3. The Bertz CT molecular complexity index is 1200. The maximum Gasteiger partial charge on any atom is 0.278 e. The van der Waals surface area contributed by atoms with Crippen molar-refractivity contribution in [2.24, 2.45) is 0 Å². The van der Waals surface area contributed by atoms with Gasteiger partial charge >= 0.3 is 0 Å². The van der Waals surface area contributed by atoms with Gasteiger partial charge in [-0.2, -0.15) is 4.31 Å². The third-order valence-electron chi connectivity index (χ3n) is 4.88. The third kappa shape index (κ3) is 5.40. The van der Waals surface area contributed by atoms with Crippen LogP contribution < -0.4 is 9.04 Å². The summed E-state index contributed by atoms with van der Waals surface area (Å²) < 4.78 is 34.4. The van der Waals surface area contributed by atoms with Gasteiger partial charge in [0.2, 0.25) is 0 Å². The van der Waals surface area contributed by atoms with Crippen molar-refractivity contribution in [3.63, 3.8) is 0 Å². The predicted molar refractivity (Wildman–Crippen MR) is 131 cm³/mol. The Morgan fingerprint density at radius 3 is 2.19 bits per heavy atom. The van der Waals surface area contributed by atoms with Crippen LogP contribution in [0, 0.1) is 6.92 Å². The van der Waals surface area contributed by atoms with Gasteiger partial charge in [-0.25, -0.2) is 8.42 Å². The first kappa shape index (κ1) is 24.0. The summed E-state index contributed by atoms with van der Waals surface area (Å²) >= 11 is 3.47. The number of carbonyl (C=O) groups excluding carboxylic acids is 1. The Labute approximate surface area is 198 Å². The zero-order valence-electron chi connectivity index (χ0n) is 18.5. The van der Waals surface area contributed by atoms with E-state index in [1.54, 1.807) is 48.5 Å². The predicted octanol–water partition coefficient (Wildman–Crippen LogP) is 5.86. The van der Waals surface area contributed by atoms with E-state index < -0.39 is 22.5 Å². The molecule has 3 aromatic rings. The molecular weight excluding hydrogens is 490 g/mol. The number of para-hydroxylation sites is 1. The second-order valence-corrected chi connectivity index (χ2v) is 11.2. The fraction of sp³-hybridized carbons (Fsp3) is 0.240. The second-order valence-electron chi connectivity index (χ2n) is 8.49. The number of ether oxygens (including phenoxy) is 1. The molecule has 7 heteroatoms. The Hall–Kier alpha value is -2.64. The zero-order chi connectivity index (χ0) is 23.5. The van der Waals surface area contributed by atoms with Gasteiger partial charge in [0.25, 0.3) is 15.9 Å². The molecule has 3 rings (SSSR count). The molecule has 0 aliphatic heterocycles. The number of nitrogens with zero attached hydrogens (tertiary/aromatic N) is 1. The molecule has 3 aromatic carbocycles. The van der Waals surface area contributed by atoms with Crippen LogP contribution in [-0.4, -0.2) is 20.9 Å². The average molecular weight is 516 g/mol. The highest BCUT2D eigenvalue weighted by molar-refractivity contribution is 9.10. The average Bonchev–Trinajstić information content (AvgIpc) is 2.73. The molecule has 168 valence electrons. The van der Waals surface area contributed by atoms with Gasteiger partial charge < -0.3 is 4.74 Å². The summed E-state index contributed by atoms with van der Waals surface area (Å²) in [6.45, 7) is 7.57. The number of halogens is 1. The Morgan fingerprint density at radius 2 is 1.59 bits per heavy atom. The minimum atomic E-state index is -4.12. The van der Waals surface area contributed by atoms with Crippen LogP contribution in [0.4, 0.5) is 5.69 Å². The summed E-state index contributed by atoms with van der Waals surface area (Å²) in [7, 11) is -4.12. The van der Waals surface area contributed by atoms with Crippen molar-refractivity contribution in [3.8, 4) is 5.75 Å². The number of amides is 1. The Morgan fingerprint density at radius 1 is 0.969 bits per heavy atom. The molecule has 0 spiro atoms.